The number of likely N-dealkylation sites (N-methyl/N-ethyl adjacent to an activating group) is 1. The Bertz CT molecular complexity index is 297. The van der Waals surface area contributed by atoms with E-state index in [0.717, 1.165) is 11.2 Å². The van der Waals surface area contributed by atoms with Crippen LogP contribution in [-0.2, 0) is 14.8 Å². The van der Waals surface area contributed by atoms with Crippen molar-refractivity contribution in [2.45, 2.75) is 25.2 Å². The lowest BCUT2D eigenvalue weighted by Gasteiger charge is -2.20. The number of carboxylic acid groups (broad SMARTS) is 1. The molecule has 84 valence electrons. The number of carboxylic acids is 1. The number of hydrogen-bond donors (Lipinski definition) is 2. The molecule has 6 nitrogen and oxygen atoms in total. The summed E-state index contributed by atoms with van der Waals surface area (Å²) >= 11 is 0. The van der Waals surface area contributed by atoms with Crippen molar-refractivity contribution in [2.24, 2.45) is 0 Å². The van der Waals surface area contributed by atoms with Crippen LogP contribution < -0.4 is 0 Å². The molecule has 0 saturated heterocycles. The van der Waals surface area contributed by atoms with Crippen molar-refractivity contribution in [1.82, 2.24) is 4.31 Å². The smallest absolute Gasteiger partial charge is 0.323 e. The molecule has 0 aliphatic heterocycles. The molecule has 0 aliphatic carbocycles. The van der Waals surface area contributed by atoms with Gasteiger partial charge in [-0.2, -0.15) is 0 Å². The molecule has 0 rings (SSSR count). The quantitative estimate of drug-likeness (QED) is 0.632. The molecule has 2 atom stereocenters. The average molecular weight is 225 g/mol. The first-order chi connectivity index (χ1) is 6.19. The van der Waals surface area contributed by atoms with Gasteiger partial charge in [0.25, 0.3) is 0 Å². The molecular formula is C7H15NO5S. The van der Waals surface area contributed by atoms with Crippen LogP contribution in [0.3, 0.4) is 0 Å². The van der Waals surface area contributed by atoms with Gasteiger partial charge in [0.15, 0.2) is 5.25 Å². The van der Waals surface area contributed by atoms with Gasteiger partial charge in [-0.25, -0.2) is 12.7 Å². The molecule has 0 fully saturated rings. The molecule has 2 N–H and O–H groups in total. The first-order valence-electron chi connectivity index (χ1n) is 4.05. The average Bonchev–Trinajstić information content (AvgIpc) is 2.01. The highest BCUT2D eigenvalue weighted by Gasteiger charge is 2.31. The number of rotatable bonds is 5. The monoisotopic (exact) mass is 225 g/mol. The third kappa shape index (κ3) is 3.24. The van der Waals surface area contributed by atoms with E-state index < -0.39 is 27.3 Å². The largest absolute Gasteiger partial charge is 0.480 e. The SMILES string of the molecule is CC(O)CN(C)S(=O)(=O)C(C)C(=O)O. The number of aliphatic hydroxyl groups is 1. The Morgan fingerprint density at radius 2 is 1.86 bits per heavy atom. The lowest BCUT2D eigenvalue weighted by Crippen LogP contribution is -2.41. The molecule has 14 heavy (non-hydrogen) atoms. The summed E-state index contributed by atoms with van der Waals surface area (Å²) in [7, 11) is -2.62. The van der Waals surface area contributed by atoms with Crippen LogP contribution in [-0.4, -0.2) is 53.9 Å². The summed E-state index contributed by atoms with van der Waals surface area (Å²) in [5, 5.41) is 16.0. The summed E-state index contributed by atoms with van der Waals surface area (Å²) in [5.74, 6) is -1.40. The van der Waals surface area contributed by atoms with Gasteiger partial charge in [-0.05, 0) is 13.8 Å². The second-order valence-corrected chi connectivity index (χ2v) is 5.52. The van der Waals surface area contributed by atoms with E-state index in [1.54, 1.807) is 0 Å². The Labute approximate surface area is 83.2 Å². The van der Waals surface area contributed by atoms with E-state index in [9.17, 15) is 13.2 Å². The fourth-order valence-corrected chi connectivity index (χ4v) is 2.09. The van der Waals surface area contributed by atoms with Crippen molar-refractivity contribution in [1.29, 1.82) is 0 Å². The first kappa shape index (κ1) is 13.3. The van der Waals surface area contributed by atoms with Crippen LogP contribution in [0, 0.1) is 0 Å². The topological polar surface area (TPSA) is 94.9 Å². The van der Waals surface area contributed by atoms with Crippen LogP contribution in [0.4, 0.5) is 0 Å². The van der Waals surface area contributed by atoms with Gasteiger partial charge in [-0.1, -0.05) is 0 Å². The molecule has 2 unspecified atom stereocenters. The molecule has 0 radical (unpaired) electrons. The molecule has 0 aliphatic rings. The Kier molecular flexibility index (Phi) is 4.50. The molecule has 0 aromatic carbocycles. The van der Waals surface area contributed by atoms with E-state index in [0.29, 0.717) is 0 Å². The van der Waals surface area contributed by atoms with Crippen molar-refractivity contribution < 1.29 is 23.4 Å². The van der Waals surface area contributed by atoms with Crippen LogP contribution in [0.15, 0.2) is 0 Å². The fraction of sp³-hybridized carbons (Fsp3) is 0.857. The normalized spacial score (nSPS) is 16.6. The Morgan fingerprint density at radius 1 is 1.43 bits per heavy atom. The van der Waals surface area contributed by atoms with Crippen LogP contribution in [0.5, 0.6) is 0 Å². The minimum Gasteiger partial charge on any atom is -0.480 e. The standard InChI is InChI=1S/C7H15NO5S/c1-5(9)4-8(3)14(12,13)6(2)7(10)11/h5-6,9H,4H2,1-3H3,(H,10,11). The minimum atomic E-state index is -3.86. The number of aliphatic carboxylic acids is 1. The maximum Gasteiger partial charge on any atom is 0.323 e. The maximum absolute atomic E-state index is 11.4. The summed E-state index contributed by atoms with van der Waals surface area (Å²) in [4.78, 5) is 10.5. The molecule has 0 bridgehead atoms. The third-order valence-electron chi connectivity index (χ3n) is 1.75. The van der Waals surface area contributed by atoms with Gasteiger partial charge in [0.2, 0.25) is 10.0 Å². The van der Waals surface area contributed by atoms with Crippen LogP contribution >= 0.6 is 0 Å². The van der Waals surface area contributed by atoms with Crippen molar-refractivity contribution in [2.75, 3.05) is 13.6 Å². The van der Waals surface area contributed by atoms with Gasteiger partial charge in [0.1, 0.15) is 0 Å². The van der Waals surface area contributed by atoms with E-state index in [1.165, 1.54) is 14.0 Å². The summed E-state index contributed by atoms with van der Waals surface area (Å²) in [6.45, 7) is 2.41. The van der Waals surface area contributed by atoms with E-state index in [-0.39, 0.29) is 6.54 Å². The third-order valence-corrected chi connectivity index (χ3v) is 3.86. The fourth-order valence-electron chi connectivity index (χ4n) is 0.873. The summed E-state index contributed by atoms with van der Waals surface area (Å²) < 4.78 is 23.7. The van der Waals surface area contributed by atoms with Crippen molar-refractivity contribution in [3.63, 3.8) is 0 Å². The molecule has 7 heteroatoms. The van der Waals surface area contributed by atoms with Gasteiger partial charge in [-0.3, -0.25) is 4.79 Å². The Morgan fingerprint density at radius 3 is 2.14 bits per heavy atom. The Hall–Kier alpha value is -0.660. The predicted octanol–water partition coefficient (Wildman–Crippen LogP) is -0.898. The van der Waals surface area contributed by atoms with E-state index in [1.807, 2.05) is 0 Å². The summed E-state index contributed by atoms with van der Waals surface area (Å²) in [6, 6.07) is 0. The van der Waals surface area contributed by atoms with Gasteiger partial charge < -0.3 is 10.2 Å². The molecule has 0 spiro atoms. The molecule has 0 saturated carbocycles. The van der Waals surface area contributed by atoms with Crippen LogP contribution in [0.1, 0.15) is 13.8 Å². The van der Waals surface area contributed by atoms with Crippen molar-refractivity contribution in [3.8, 4) is 0 Å². The van der Waals surface area contributed by atoms with Gasteiger partial charge in [0.05, 0.1) is 6.10 Å². The zero-order chi connectivity index (χ0) is 11.5. The van der Waals surface area contributed by atoms with E-state index in [4.69, 9.17) is 10.2 Å². The molecular weight excluding hydrogens is 210 g/mol. The summed E-state index contributed by atoms with van der Waals surface area (Å²) in [5.41, 5.74) is 0. The molecule has 0 aromatic heterocycles. The van der Waals surface area contributed by atoms with Crippen molar-refractivity contribution in [3.05, 3.63) is 0 Å². The predicted molar refractivity (Wildman–Crippen MR) is 50.3 cm³/mol. The zero-order valence-corrected chi connectivity index (χ0v) is 9.15. The van der Waals surface area contributed by atoms with Crippen LogP contribution in [0.25, 0.3) is 0 Å². The lowest BCUT2D eigenvalue weighted by molar-refractivity contribution is -0.136. The maximum atomic E-state index is 11.4. The van der Waals surface area contributed by atoms with Gasteiger partial charge in [-0.15, -0.1) is 0 Å². The zero-order valence-electron chi connectivity index (χ0n) is 8.34. The van der Waals surface area contributed by atoms with Gasteiger partial charge >= 0.3 is 5.97 Å². The highest BCUT2D eigenvalue weighted by molar-refractivity contribution is 7.90. The molecule has 0 amide bonds. The van der Waals surface area contributed by atoms with Gasteiger partial charge in [0, 0.05) is 13.6 Å². The number of hydrogen-bond acceptors (Lipinski definition) is 4. The summed E-state index contributed by atoms with van der Waals surface area (Å²) in [6.07, 6.45) is -0.823. The molecule has 0 aromatic rings. The Balaban J connectivity index is 4.70. The van der Waals surface area contributed by atoms with Crippen LogP contribution in [0.2, 0.25) is 0 Å². The highest BCUT2D eigenvalue weighted by Crippen LogP contribution is 2.07. The second kappa shape index (κ2) is 4.72. The van der Waals surface area contributed by atoms with E-state index in [2.05, 4.69) is 0 Å². The van der Waals surface area contributed by atoms with E-state index >= 15 is 0 Å². The van der Waals surface area contributed by atoms with Crippen molar-refractivity contribution >= 4 is 16.0 Å². The minimum absolute atomic E-state index is 0.111. The number of aliphatic hydroxyl groups excluding tert-OH is 1. The number of nitrogens with zero attached hydrogens (tertiary/aromatic N) is 1. The first-order valence-corrected chi connectivity index (χ1v) is 5.56. The number of sulfonamides is 1. The lowest BCUT2D eigenvalue weighted by atomic mass is 10.4. The highest BCUT2D eigenvalue weighted by atomic mass is 32.2. The second-order valence-electron chi connectivity index (χ2n) is 3.15. The number of carbonyl (C=O) groups is 1. The molecule has 0 heterocycles.